The maximum atomic E-state index is 8.98. The van der Waals surface area contributed by atoms with Crippen molar-refractivity contribution in [3.05, 3.63) is 35.7 Å². The summed E-state index contributed by atoms with van der Waals surface area (Å²) in [7, 11) is 3.62. The van der Waals surface area contributed by atoms with E-state index in [4.69, 9.17) is 15.7 Å². The number of hydrogen-bond acceptors (Lipinski definition) is 7. The molecule has 1 aromatic carbocycles. The van der Waals surface area contributed by atoms with Crippen molar-refractivity contribution in [1.29, 1.82) is 5.26 Å². The predicted octanol–water partition coefficient (Wildman–Crippen LogP) is 0.970. The van der Waals surface area contributed by atoms with Crippen molar-refractivity contribution < 1.29 is 4.74 Å². The summed E-state index contributed by atoms with van der Waals surface area (Å²) >= 11 is 0. The van der Waals surface area contributed by atoms with Crippen molar-refractivity contribution in [1.82, 2.24) is 15.0 Å². The Morgan fingerprint density at radius 2 is 2.00 bits per heavy atom. The van der Waals surface area contributed by atoms with Crippen LogP contribution in [0, 0.1) is 11.3 Å². The number of rotatable bonds is 4. The molecule has 7 nitrogen and oxygen atoms in total. The van der Waals surface area contributed by atoms with E-state index in [-0.39, 0.29) is 12.6 Å². The molecule has 0 aliphatic carbocycles. The molecule has 2 N–H and O–H groups in total. The molecule has 0 saturated heterocycles. The fourth-order valence-corrected chi connectivity index (χ4v) is 1.52. The largest absolute Gasteiger partial charge is 0.484 e. The number of ether oxygens (including phenoxy) is 1. The number of aromatic nitrogens is 3. The van der Waals surface area contributed by atoms with Crippen LogP contribution in [0.15, 0.2) is 24.3 Å². The molecule has 2 rings (SSSR count). The molecule has 102 valence electrons. The first kappa shape index (κ1) is 13.5. The molecule has 20 heavy (non-hydrogen) atoms. The van der Waals surface area contributed by atoms with Gasteiger partial charge in [-0.15, -0.1) is 0 Å². The van der Waals surface area contributed by atoms with Crippen LogP contribution in [0.4, 0.5) is 11.9 Å². The van der Waals surface area contributed by atoms with Gasteiger partial charge in [0.25, 0.3) is 0 Å². The Kier molecular flexibility index (Phi) is 3.96. The number of para-hydroxylation sites is 1. The summed E-state index contributed by atoms with van der Waals surface area (Å²) in [6, 6.07) is 9.03. The monoisotopic (exact) mass is 270 g/mol. The van der Waals surface area contributed by atoms with Crippen LogP contribution >= 0.6 is 0 Å². The molecule has 1 aromatic heterocycles. The molecular formula is C13H14N6O. The Morgan fingerprint density at radius 1 is 1.25 bits per heavy atom. The van der Waals surface area contributed by atoms with Crippen LogP contribution in [0.3, 0.4) is 0 Å². The lowest BCUT2D eigenvalue weighted by atomic mass is 10.2. The molecule has 0 aliphatic rings. The minimum absolute atomic E-state index is 0.117. The predicted molar refractivity (Wildman–Crippen MR) is 74.1 cm³/mol. The highest BCUT2D eigenvalue weighted by Crippen LogP contribution is 2.17. The maximum Gasteiger partial charge on any atom is 0.230 e. The molecule has 0 spiro atoms. The van der Waals surface area contributed by atoms with Gasteiger partial charge in [-0.3, -0.25) is 0 Å². The molecule has 0 aliphatic heterocycles. The Balaban J connectivity index is 2.17. The van der Waals surface area contributed by atoms with Crippen LogP contribution in [-0.2, 0) is 6.61 Å². The molecule has 1 heterocycles. The average molecular weight is 270 g/mol. The fraction of sp³-hybridized carbons (Fsp3) is 0.231. The Bertz CT molecular complexity index is 650. The highest BCUT2D eigenvalue weighted by atomic mass is 16.5. The maximum absolute atomic E-state index is 8.98. The third-order valence-electron chi connectivity index (χ3n) is 2.45. The van der Waals surface area contributed by atoms with E-state index in [0.717, 1.165) is 0 Å². The van der Waals surface area contributed by atoms with Gasteiger partial charge in [0.1, 0.15) is 18.4 Å². The van der Waals surface area contributed by atoms with Gasteiger partial charge >= 0.3 is 0 Å². The summed E-state index contributed by atoms with van der Waals surface area (Å²) in [4.78, 5) is 13.9. The van der Waals surface area contributed by atoms with Gasteiger partial charge in [0.05, 0.1) is 5.56 Å². The lowest BCUT2D eigenvalue weighted by Gasteiger charge is -2.12. The van der Waals surface area contributed by atoms with Gasteiger partial charge in [0.2, 0.25) is 11.9 Å². The minimum atomic E-state index is 0.117. The highest BCUT2D eigenvalue weighted by molar-refractivity contribution is 5.42. The first-order chi connectivity index (χ1) is 9.60. The summed E-state index contributed by atoms with van der Waals surface area (Å²) in [5, 5.41) is 8.98. The molecule has 2 aromatic rings. The van der Waals surface area contributed by atoms with Gasteiger partial charge in [0.15, 0.2) is 5.82 Å². The number of nitrogens with two attached hydrogens (primary N) is 1. The Labute approximate surface area is 116 Å². The first-order valence-electron chi connectivity index (χ1n) is 5.90. The summed E-state index contributed by atoms with van der Waals surface area (Å²) in [6.45, 7) is 0.117. The number of hydrogen-bond donors (Lipinski definition) is 1. The minimum Gasteiger partial charge on any atom is -0.484 e. The van der Waals surface area contributed by atoms with E-state index in [2.05, 4.69) is 21.0 Å². The topological polar surface area (TPSA) is 101 Å². The fourth-order valence-electron chi connectivity index (χ4n) is 1.52. The summed E-state index contributed by atoms with van der Waals surface area (Å²) in [6.07, 6.45) is 0. The zero-order valence-corrected chi connectivity index (χ0v) is 11.2. The number of benzene rings is 1. The molecule has 0 amide bonds. The van der Waals surface area contributed by atoms with E-state index in [9.17, 15) is 0 Å². The SMILES string of the molecule is CN(C)c1nc(N)nc(COc2ccccc2C#N)n1. The van der Waals surface area contributed by atoms with Gasteiger partial charge < -0.3 is 15.4 Å². The van der Waals surface area contributed by atoms with Gasteiger partial charge in [-0.1, -0.05) is 12.1 Å². The van der Waals surface area contributed by atoms with Crippen LogP contribution < -0.4 is 15.4 Å². The molecular weight excluding hydrogens is 256 g/mol. The van der Waals surface area contributed by atoms with E-state index in [1.54, 1.807) is 29.2 Å². The Morgan fingerprint density at radius 3 is 2.70 bits per heavy atom. The summed E-state index contributed by atoms with van der Waals surface area (Å²) < 4.78 is 5.55. The highest BCUT2D eigenvalue weighted by Gasteiger charge is 2.08. The van der Waals surface area contributed by atoms with Crippen molar-refractivity contribution in [2.45, 2.75) is 6.61 Å². The Hall–Kier alpha value is -2.88. The number of nitrogen functional groups attached to an aromatic ring is 1. The van der Waals surface area contributed by atoms with E-state index in [0.29, 0.717) is 23.1 Å². The normalized spacial score (nSPS) is 9.85. The van der Waals surface area contributed by atoms with Crippen molar-refractivity contribution in [3.63, 3.8) is 0 Å². The summed E-state index contributed by atoms with van der Waals surface area (Å²) in [5.74, 6) is 1.50. The van der Waals surface area contributed by atoms with E-state index in [1.165, 1.54) is 0 Å². The molecule has 7 heteroatoms. The van der Waals surface area contributed by atoms with Crippen LogP contribution in [0.25, 0.3) is 0 Å². The third-order valence-corrected chi connectivity index (χ3v) is 2.45. The molecule has 0 unspecified atom stereocenters. The molecule has 0 bridgehead atoms. The second-order valence-corrected chi connectivity index (χ2v) is 4.20. The van der Waals surface area contributed by atoms with Gasteiger partial charge in [-0.05, 0) is 12.1 Å². The lowest BCUT2D eigenvalue weighted by Crippen LogP contribution is -2.17. The zero-order valence-electron chi connectivity index (χ0n) is 11.2. The van der Waals surface area contributed by atoms with Crippen LogP contribution in [0.1, 0.15) is 11.4 Å². The van der Waals surface area contributed by atoms with Crippen LogP contribution in [0.2, 0.25) is 0 Å². The molecule has 0 radical (unpaired) electrons. The van der Waals surface area contributed by atoms with Crippen LogP contribution in [0.5, 0.6) is 5.75 Å². The van der Waals surface area contributed by atoms with E-state index >= 15 is 0 Å². The second-order valence-electron chi connectivity index (χ2n) is 4.20. The van der Waals surface area contributed by atoms with Crippen molar-refractivity contribution >= 4 is 11.9 Å². The van der Waals surface area contributed by atoms with E-state index < -0.39 is 0 Å². The number of nitriles is 1. The average Bonchev–Trinajstić information content (AvgIpc) is 2.44. The van der Waals surface area contributed by atoms with E-state index in [1.807, 2.05) is 14.1 Å². The quantitative estimate of drug-likeness (QED) is 0.883. The zero-order chi connectivity index (χ0) is 14.5. The molecule has 0 saturated carbocycles. The second kappa shape index (κ2) is 5.84. The lowest BCUT2D eigenvalue weighted by molar-refractivity contribution is 0.295. The first-order valence-corrected chi connectivity index (χ1v) is 5.90. The standard InChI is InChI=1S/C13H14N6O/c1-19(2)13-17-11(16-12(15)18-13)8-20-10-6-4-3-5-9(10)7-14/h3-6H,8H2,1-2H3,(H2,15,16,17,18). The van der Waals surface area contributed by atoms with Crippen LogP contribution in [-0.4, -0.2) is 29.0 Å². The smallest absolute Gasteiger partial charge is 0.230 e. The van der Waals surface area contributed by atoms with Gasteiger partial charge in [-0.2, -0.15) is 20.2 Å². The van der Waals surface area contributed by atoms with Gasteiger partial charge in [0, 0.05) is 14.1 Å². The summed E-state index contributed by atoms with van der Waals surface area (Å²) in [5.41, 5.74) is 6.09. The third kappa shape index (κ3) is 3.11. The van der Waals surface area contributed by atoms with Crippen molar-refractivity contribution in [2.75, 3.05) is 24.7 Å². The van der Waals surface area contributed by atoms with Crippen molar-refractivity contribution in [3.8, 4) is 11.8 Å². The number of nitrogens with zero attached hydrogens (tertiary/aromatic N) is 5. The van der Waals surface area contributed by atoms with Crippen molar-refractivity contribution in [2.24, 2.45) is 0 Å². The molecule has 0 atom stereocenters. The number of anilines is 2. The molecule has 0 fully saturated rings. The van der Waals surface area contributed by atoms with Gasteiger partial charge in [-0.25, -0.2) is 0 Å².